The monoisotopic (exact) mass is 293 g/mol. The fourth-order valence-corrected chi connectivity index (χ4v) is 3.69. The van der Waals surface area contributed by atoms with Crippen LogP contribution in [0.15, 0.2) is 0 Å². The molecule has 0 spiro atoms. The number of Topliss-reactive ketones (excluding diaryl/α,β-unsaturated/α-hetero) is 1. The minimum absolute atomic E-state index is 0.101. The van der Waals surface area contributed by atoms with Crippen LogP contribution in [-0.4, -0.2) is 29.2 Å². The number of hydrogen-bond donors (Lipinski definition) is 0. The molecule has 2 fully saturated rings. The molecule has 21 heavy (non-hydrogen) atoms. The van der Waals surface area contributed by atoms with Gasteiger partial charge < -0.3 is 4.90 Å². The molecule has 3 heteroatoms. The Balaban J connectivity index is 1.94. The summed E-state index contributed by atoms with van der Waals surface area (Å²) in [6.45, 7) is 0.801. The van der Waals surface area contributed by atoms with E-state index in [9.17, 15) is 9.59 Å². The summed E-state index contributed by atoms with van der Waals surface area (Å²) in [5.74, 6) is 0.542. The number of carbonyl (C=O) groups excluding carboxylic acids is 2. The van der Waals surface area contributed by atoms with Crippen LogP contribution in [0.5, 0.6) is 0 Å². The second-order valence-electron chi connectivity index (χ2n) is 6.75. The van der Waals surface area contributed by atoms with Gasteiger partial charge in [0.1, 0.15) is 0 Å². The number of carbonyl (C=O) groups is 2. The third-order valence-corrected chi connectivity index (χ3v) is 5.01. The SMILES string of the molecule is O=C1CCCCCCCCCCCC(=O)N2CCCCC12. The Morgan fingerprint density at radius 1 is 0.667 bits per heavy atom. The van der Waals surface area contributed by atoms with Crippen LogP contribution in [0.3, 0.4) is 0 Å². The summed E-state index contributed by atoms with van der Waals surface area (Å²) >= 11 is 0. The lowest BCUT2D eigenvalue weighted by molar-refractivity contribution is -0.141. The van der Waals surface area contributed by atoms with Crippen molar-refractivity contribution in [1.29, 1.82) is 0 Å². The highest BCUT2D eigenvalue weighted by atomic mass is 16.2. The van der Waals surface area contributed by atoms with E-state index in [1.54, 1.807) is 0 Å². The first-order valence-electron chi connectivity index (χ1n) is 9.11. The van der Waals surface area contributed by atoms with E-state index in [0.29, 0.717) is 18.6 Å². The van der Waals surface area contributed by atoms with Gasteiger partial charge in [-0.05, 0) is 32.1 Å². The molecule has 0 bridgehead atoms. The van der Waals surface area contributed by atoms with E-state index < -0.39 is 0 Å². The lowest BCUT2D eigenvalue weighted by Crippen LogP contribution is -2.47. The van der Waals surface area contributed by atoms with Crippen molar-refractivity contribution in [1.82, 2.24) is 4.90 Å². The van der Waals surface area contributed by atoms with Crippen LogP contribution in [0.1, 0.15) is 89.9 Å². The highest BCUT2D eigenvalue weighted by molar-refractivity contribution is 5.89. The van der Waals surface area contributed by atoms with Gasteiger partial charge in [-0.1, -0.05) is 44.9 Å². The van der Waals surface area contributed by atoms with Gasteiger partial charge in [0, 0.05) is 19.4 Å². The van der Waals surface area contributed by atoms with Crippen molar-refractivity contribution in [3.8, 4) is 0 Å². The lowest BCUT2D eigenvalue weighted by atomic mass is 9.94. The molecule has 0 aromatic carbocycles. The topological polar surface area (TPSA) is 37.4 Å². The molecule has 2 heterocycles. The van der Waals surface area contributed by atoms with Crippen molar-refractivity contribution in [2.75, 3.05) is 6.54 Å². The van der Waals surface area contributed by atoms with Gasteiger partial charge in [-0.15, -0.1) is 0 Å². The first-order chi connectivity index (χ1) is 10.3. The molecule has 120 valence electrons. The van der Waals surface area contributed by atoms with Crippen LogP contribution < -0.4 is 0 Å². The van der Waals surface area contributed by atoms with Crippen molar-refractivity contribution in [2.45, 2.75) is 95.9 Å². The molecule has 1 atom stereocenters. The summed E-state index contributed by atoms with van der Waals surface area (Å²) in [4.78, 5) is 26.8. The van der Waals surface area contributed by atoms with Crippen LogP contribution >= 0.6 is 0 Å². The summed E-state index contributed by atoms with van der Waals surface area (Å²) in [5, 5.41) is 0. The van der Waals surface area contributed by atoms with Gasteiger partial charge in [-0.2, -0.15) is 0 Å². The van der Waals surface area contributed by atoms with Gasteiger partial charge in [0.05, 0.1) is 6.04 Å². The largest absolute Gasteiger partial charge is 0.333 e. The van der Waals surface area contributed by atoms with Crippen molar-refractivity contribution < 1.29 is 9.59 Å². The Morgan fingerprint density at radius 3 is 1.90 bits per heavy atom. The summed E-state index contributed by atoms with van der Waals surface area (Å²) in [6, 6.07) is -0.101. The quantitative estimate of drug-likeness (QED) is 0.670. The Kier molecular flexibility index (Phi) is 7.25. The highest BCUT2D eigenvalue weighted by Gasteiger charge is 2.30. The number of fused-ring (bicyclic) bond motifs is 1. The minimum atomic E-state index is -0.101. The number of rotatable bonds is 0. The summed E-state index contributed by atoms with van der Waals surface area (Å²) in [7, 11) is 0. The molecular weight excluding hydrogens is 262 g/mol. The molecule has 2 aliphatic heterocycles. The average molecular weight is 293 g/mol. The van der Waals surface area contributed by atoms with Crippen molar-refractivity contribution >= 4 is 11.7 Å². The van der Waals surface area contributed by atoms with Gasteiger partial charge in [0.2, 0.25) is 5.91 Å². The van der Waals surface area contributed by atoms with E-state index in [-0.39, 0.29) is 11.9 Å². The molecule has 0 aromatic rings. The van der Waals surface area contributed by atoms with E-state index in [1.807, 2.05) is 4.90 Å². The maximum absolute atomic E-state index is 12.4. The molecular formula is C18H31NO2. The van der Waals surface area contributed by atoms with E-state index >= 15 is 0 Å². The Labute approximate surface area is 129 Å². The molecule has 2 saturated heterocycles. The third kappa shape index (κ3) is 5.44. The van der Waals surface area contributed by atoms with E-state index in [2.05, 4.69) is 0 Å². The molecule has 0 radical (unpaired) electrons. The second-order valence-corrected chi connectivity index (χ2v) is 6.75. The standard InChI is InChI=1S/C18H31NO2/c20-17-13-8-6-4-2-1-3-5-7-9-14-18(21)19-15-11-10-12-16(17)19/h16H,1-15H2. The number of amides is 1. The molecule has 1 unspecified atom stereocenters. The summed E-state index contributed by atoms with van der Waals surface area (Å²) in [5.41, 5.74) is 0. The molecule has 0 saturated carbocycles. The van der Waals surface area contributed by atoms with Gasteiger partial charge in [-0.3, -0.25) is 9.59 Å². The molecule has 2 rings (SSSR count). The minimum Gasteiger partial charge on any atom is -0.333 e. The first-order valence-corrected chi connectivity index (χ1v) is 9.11. The number of nitrogens with zero attached hydrogens (tertiary/aromatic N) is 1. The fourth-order valence-electron chi connectivity index (χ4n) is 3.69. The van der Waals surface area contributed by atoms with Crippen molar-refractivity contribution in [3.05, 3.63) is 0 Å². The zero-order chi connectivity index (χ0) is 14.9. The molecule has 2 aliphatic rings. The fraction of sp³-hybridized carbons (Fsp3) is 0.889. The molecule has 0 aliphatic carbocycles. The zero-order valence-electron chi connectivity index (χ0n) is 13.4. The van der Waals surface area contributed by atoms with E-state index in [0.717, 1.165) is 45.1 Å². The maximum atomic E-state index is 12.4. The van der Waals surface area contributed by atoms with Gasteiger partial charge in [-0.25, -0.2) is 0 Å². The van der Waals surface area contributed by atoms with Crippen LogP contribution in [0.25, 0.3) is 0 Å². The van der Waals surface area contributed by atoms with Gasteiger partial charge in [0.15, 0.2) is 5.78 Å². The third-order valence-electron chi connectivity index (χ3n) is 5.01. The van der Waals surface area contributed by atoms with E-state index in [1.165, 1.54) is 38.5 Å². The Morgan fingerprint density at radius 2 is 1.24 bits per heavy atom. The smallest absolute Gasteiger partial charge is 0.223 e. The lowest BCUT2D eigenvalue weighted by Gasteiger charge is -2.35. The predicted molar refractivity (Wildman–Crippen MR) is 85.1 cm³/mol. The Bertz CT molecular complexity index is 308. The normalized spacial score (nSPS) is 27.6. The Hall–Kier alpha value is -0.860. The van der Waals surface area contributed by atoms with Gasteiger partial charge >= 0.3 is 0 Å². The van der Waals surface area contributed by atoms with Crippen molar-refractivity contribution in [2.24, 2.45) is 0 Å². The number of hydrogen-bond acceptors (Lipinski definition) is 2. The molecule has 0 N–H and O–H groups in total. The predicted octanol–water partition coefficient (Wildman–Crippen LogP) is 4.24. The number of ketones is 1. The van der Waals surface area contributed by atoms with Crippen LogP contribution in [-0.2, 0) is 9.59 Å². The summed E-state index contributed by atoms with van der Waals surface area (Å²) in [6.07, 6.45) is 15.2. The molecule has 0 aromatic heterocycles. The average Bonchev–Trinajstić information content (AvgIpc) is 2.51. The molecule has 1 amide bonds. The maximum Gasteiger partial charge on any atom is 0.223 e. The summed E-state index contributed by atoms with van der Waals surface area (Å²) < 4.78 is 0. The van der Waals surface area contributed by atoms with Crippen LogP contribution in [0.4, 0.5) is 0 Å². The molecule has 3 nitrogen and oxygen atoms in total. The van der Waals surface area contributed by atoms with Gasteiger partial charge in [0.25, 0.3) is 0 Å². The highest BCUT2D eigenvalue weighted by Crippen LogP contribution is 2.22. The first kappa shape index (κ1) is 16.5. The number of piperidine rings is 1. The van der Waals surface area contributed by atoms with Crippen molar-refractivity contribution in [3.63, 3.8) is 0 Å². The van der Waals surface area contributed by atoms with Crippen LogP contribution in [0, 0.1) is 0 Å². The second kappa shape index (κ2) is 9.22. The zero-order valence-corrected chi connectivity index (χ0v) is 13.4. The van der Waals surface area contributed by atoms with Crippen LogP contribution in [0.2, 0.25) is 0 Å². The van der Waals surface area contributed by atoms with E-state index in [4.69, 9.17) is 0 Å².